The highest BCUT2D eigenvalue weighted by atomic mass is 16.8. The maximum atomic E-state index is 13.0. The van der Waals surface area contributed by atoms with Crippen LogP contribution in [0.25, 0.3) is 0 Å². The molecule has 0 radical (unpaired) electrons. The van der Waals surface area contributed by atoms with Crippen LogP contribution in [0.4, 0.5) is 0 Å². The molecule has 2 saturated heterocycles. The largest absolute Gasteiger partial charge is 0.482 e. The molecule has 34 heavy (non-hydrogen) atoms. The Hall–Kier alpha value is -2.43. The van der Waals surface area contributed by atoms with E-state index in [4.69, 9.17) is 14.2 Å². The Labute approximate surface area is 199 Å². The summed E-state index contributed by atoms with van der Waals surface area (Å²) < 4.78 is 20.2. The number of piperidine rings is 1. The third-order valence-electron chi connectivity index (χ3n) is 10.2. The number of hydrogen-bond donors (Lipinski definition) is 1. The van der Waals surface area contributed by atoms with Crippen LogP contribution in [0.5, 0.6) is 5.75 Å². The average Bonchev–Trinajstić information content (AvgIpc) is 3.53. The number of likely N-dealkylation sites (N-methyl/N-ethyl adjacent to an activating group) is 1. The van der Waals surface area contributed by atoms with Crippen LogP contribution in [0.15, 0.2) is 36.4 Å². The smallest absolute Gasteiger partial charge is 0.213 e. The van der Waals surface area contributed by atoms with Crippen LogP contribution < -0.4 is 4.74 Å². The lowest BCUT2D eigenvalue weighted by Crippen LogP contribution is -2.83. The predicted molar refractivity (Wildman–Crippen MR) is 122 cm³/mol. The average molecular weight is 457 g/mol. The monoisotopic (exact) mass is 456 g/mol. The van der Waals surface area contributed by atoms with E-state index >= 15 is 0 Å². The van der Waals surface area contributed by atoms with Crippen molar-refractivity contribution in [1.29, 1.82) is 5.26 Å². The molecule has 0 aromatic heterocycles. The van der Waals surface area contributed by atoms with Crippen molar-refractivity contribution < 1.29 is 19.3 Å². The molecular weight excluding hydrogens is 428 g/mol. The van der Waals surface area contributed by atoms with Crippen LogP contribution in [-0.2, 0) is 34.2 Å². The van der Waals surface area contributed by atoms with Crippen molar-refractivity contribution in [3.05, 3.63) is 64.2 Å². The molecule has 1 N–H and O–H groups in total. The molecule has 6 nitrogen and oxygen atoms in total. The molecule has 2 unspecified atom stereocenters. The minimum Gasteiger partial charge on any atom is -0.482 e. The third-order valence-corrected chi connectivity index (χ3v) is 10.2. The van der Waals surface area contributed by atoms with Gasteiger partial charge in [0.25, 0.3) is 0 Å². The molecule has 1 saturated carbocycles. The summed E-state index contributed by atoms with van der Waals surface area (Å²) in [6.45, 7) is 1.90. The van der Waals surface area contributed by atoms with E-state index in [1.807, 2.05) is 6.07 Å². The van der Waals surface area contributed by atoms with Gasteiger partial charge in [-0.3, -0.25) is 0 Å². The lowest BCUT2D eigenvalue weighted by atomic mass is 9.43. The minimum atomic E-state index is -1.00. The van der Waals surface area contributed by atoms with Gasteiger partial charge in [0.15, 0.2) is 6.10 Å². The van der Waals surface area contributed by atoms with E-state index < -0.39 is 28.3 Å². The molecule has 6 heteroatoms. The van der Waals surface area contributed by atoms with Gasteiger partial charge in [0.2, 0.25) is 5.79 Å². The highest BCUT2D eigenvalue weighted by Gasteiger charge is 2.83. The van der Waals surface area contributed by atoms with Crippen LogP contribution >= 0.6 is 0 Å². The van der Waals surface area contributed by atoms with Gasteiger partial charge in [-0.05, 0) is 68.5 Å². The molecule has 6 aliphatic rings. The van der Waals surface area contributed by atoms with Crippen molar-refractivity contribution in [2.24, 2.45) is 5.41 Å². The van der Waals surface area contributed by atoms with Crippen molar-refractivity contribution in [1.82, 2.24) is 4.90 Å². The topological polar surface area (TPSA) is 75.0 Å². The van der Waals surface area contributed by atoms with Crippen molar-refractivity contribution in [3.63, 3.8) is 0 Å². The first-order valence-electron chi connectivity index (χ1n) is 12.5. The van der Waals surface area contributed by atoms with Gasteiger partial charge < -0.3 is 24.2 Å². The van der Waals surface area contributed by atoms with Crippen molar-refractivity contribution in [2.75, 3.05) is 26.8 Å². The van der Waals surface area contributed by atoms with Crippen LogP contribution in [0, 0.1) is 16.7 Å². The van der Waals surface area contributed by atoms with E-state index in [2.05, 4.69) is 48.3 Å². The third kappa shape index (κ3) is 1.90. The number of rotatable bonds is 0. The highest BCUT2D eigenvalue weighted by molar-refractivity contribution is 5.64. The molecule has 3 spiro atoms. The normalized spacial score (nSPS) is 37.3. The van der Waals surface area contributed by atoms with Crippen LogP contribution in [0.3, 0.4) is 0 Å². The predicted octanol–water partition coefficient (Wildman–Crippen LogP) is 2.48. The summed E-state index contributed by atoms with van der Waals surface area (Å²) in [5.74, 6) is -0.309. The first-order chi connectivity index (χ1) is 16.5. The van der Waals surface area contributed by atoms with Gasteiger partial charge in [0.05, 0.1) is 29.8 Å². The number of fused-ring (bicyclic) bond motifs is 3. The lowest BCUT2D eigenvalue weighted by molar-refractivity contribution is -0.351. The maximum absolute atomic E-state index is 13.0. The molecule has 0 amide bonds. The van der Waals surface area contributed by atoms with E-state index in [0.717, 1.165) is 37.8 Å². The SMILES string of the molecule is CN1CC[C@]23c4c5ccc(C#N)c4OC2C2(OCCO2)C2(Cc4ccccc4C2)CC3(O)[C@H]1C5. The van der Waals surface area contributed by atoms with Crippen LogP contribution in [-0.4, -0.2) is 60.3 Å². The second kappa shape index (κ2) is 6.03. The molecule has 3 aliphatic carbocycles. The second-order valence-electron chi connectivity index (χ2n) is 11.4. The summed E-state index contributed by atoms with van der Waals surface area (Å²) in [7, 11) is 2.14. The molecule has 3 fully saturated rings. The van der Waals surface area contributed by atoms with Crippen molar-refractivity contribution in [3.8, 4) is 11.8 Å². The Morgan fingerprint density at radius 3 is 2.50 bits per heavy atom. The van der Waals surface area contributed by atoms with Gasteiger partial charge in [-0.25, -0.2) is 0 Å². The zero-order chi connectivity index (χ0) is 22.9. The Kier molecular flexibility index (Phi) is 3.52. The summed E-state index contributed by atoms with van der Waals surface area (Å²) in [4.78, 5) is 2.34. The lowest BCUT2D eigenvalue weighted by Gasteiger charge is -2.69. The van der Waals surface area contributed by atoms with E-state index in [9.17, 15) is 10.4 Å². The van der Waals surface area contributed by atoms with Crippen LogP contribution in [0.1, 0.15) is 40.7 Å². The molecule has 2 aromatic rings. The number of nitriles is 1. The molecule has 4 atom stereocenters. The van der Waals surface area contributed by atoms with Gasteiger partial charge in [-0.2, -0.15) is 5.26 Å². The van der Waals surface area contributed by atoms with E-state index in [0.29, 0.717) is 30.9 Å². The molecule has 2 bridgehead atoms. The van der Waals surface area contributed by atoms with E-state index in [1.54, 1.807) is 0 Å². The zero-order valence-corrected chi connectivity index (χ0v) is 19.3. The summed E-state index contributed by atoms with van der Waals surface area (Å²) in [6.07, 6.45) is 3.22. The van der Waals surface area contributed by atoms with Gasteiger partial charge in [0, 0.05) is 17.0 Å². The standard InChI is InChI=1S/C28H28N2O4/c1-30-9-8-26-22-17-6-7-20(15-29)23(22)34-24(26)28(32-10-11-33-28)25(16-27(26,31)21(30)12-17)13-18-4-2-3-5-19(18)14-25/h2-7,21,24,31H,8-14,16H2,1H3/t21-,24?,26+,27?/m1/s1. The molecule has 3 aliphatic heterocycles. The fourth-order valence-electron chi connectivity index (χ4n) is 9.01. The number of benzene rings is 2. The number of nitrogens with zero attached hydrogens (tertiary/aromatic N) is 2. The quantitative estimate of drug-likeness (QED) is 0.657. The van der Waals surface area contributed by atoms with E-state index in [1.165, 1.54) is 16.7 Å². The molecule has 2 aromatic carbocycles. The number of hydrogen-bond acceptors (Lipinski definition) is 6. The Balaban J connectivity index is 1.43. The zero-order valence-electron chi connectivity index (χ0n) is 19.3. The highest BCUT2D eigenvalue weighted by Crippen LogP contribution is 2.72. The number of aliphatic hydroxyl groups is 1. The van der Waals surface area contributed by atoms with Crippen molar-refractivity contribution in [2.45, 2.75) is 61.1 Å². The molecule has 8 rings (SSSR count). The number of likely N-dealkylation sites (tertiary alicyclic amines) is 1. The number of ether oxygens (including phenoxy) is 3. The van der Waals surface area contributed by atoms with Crippen molar-refractivity contribution >= 4 is 0 Å². The second-order valence-corrected chi connectivity index (χ2v) is 11.4. The van der Waals surface area contributed by atoms with Gasteiger partial charge >= 0.3 is 0 Å². The first-order valence-corrected chi connectivity index (χ1v) is 12.5. The molecular formula is C28H28N2O4. The van der Waals surface area contributed by atoms with Gasteiger partial charge in [-0.1, -0.05) is 30.3 Å². The Morgan fingerprint density at radius 1 is 1.06 bits per heavy atom. The Morgan fingerprint density at radius 2 is 1.79 bits per heavy atom. The first kappa shape index (κ1) is 19.8. The fourth-order valence-corrected chi connectivity index (χ4v) is 9.01. The molecule has 3 heterocycles. The summed E-state index contributed by atoms with van der Waals surface area (Å²) in [5.41, 5.74) is 3.32. The summed E-state index contributed by atoms with van der Waals surface area (Å²) in [6, 6.07) is 14.9. The Bertz CT molecular complexity index is 1270. The fraction of sp³-hybridized carbons (Fsp3) is 0.536. The maximum Gasteiger partial charge on any atom is 0.213 e. The van der Waals surface area contributed by atoms with Crippen LogP contribution in [0.2, 0.25) is 0 Å². The van der Waals surface area contributed by atoms with E-state index in [-0.39, 0.29) is 6.04 Å². The van der Waals surface area contributed by atoms with Gasteiger partial charge in [0.1, 0.15) is 11.8 Å². The summed E-state index contributed by atoms with van der Waals surface area (Å²) >= 11 is 0. The molecule has 174 valence electrons. The summed E-state index contributed by atoms with van der Waals surface area (Å²) in [5, 5.41) is 22.9. The minimum absolute atomic E-state index is 0.0157. The van der Waals surface area contributed by atoms with Gasteiger partial charge in [-0.15, -0.1) is 0 Å².